The predicted molar refractivity (Wildman–Crippen MR) is 76.6 cm³/mol. The summed E-state index contributed by atoms with van der Waals surface area (Å²) < 4.78 is 5.19. The second-order valence-corrected chi connectivity index (χ2v) is 7.66. The van der Waals surface area contributed by atoms with Crippen LogP contribution < -0.4 is 0 Å². The number of nitrogens with zero attached hydrogens (tertiary/aromatic N) is 2. The Labute approximate surface area is 120 Å². The Kier molecular flexibility index (Phi) is 5.15. The van der Waals surface area contributed by atoms with Crippen molar-refractivity contribution in [2.45, 2.75) is 48.9 Å². The van der Waals surface area contributed by atoms with Crippen molar-refractivity contribution >= 4 is 29.5 Å². The first-order valence-electron chi connectivity index (χ1n) is 6.37. The minimum Gasteiger partial charge on any atom is -0.481 e. The fourth-order valence-corrected chi connectivity index (χ4v) is 4.64. The summed E-state index contributed by atoms with van der Waals surface area (Å²) in [6.45, 7) is 4.47. The van der Waals surface area contributed by atoms with E-state index in [1.54, 1.807) is 0 Å². The van der Waals surface area contributed by atoms with Crippen LogP contribution in [0.25, 0.3) is 0 Å². The molecule has 0 radical (unpaired) electrons. The first-order chi connectivity index (χ1) is 9.06. The van der Waals surface area contributed by atoms with Gasteiger partial charge in [-0.3, -0.25) is 4.79 Å². The number of hydrogen-bond donors (Lipinski definition) is 1. The highest BCUT2D eigenvalue weighted by Crippen LogP contribution is 2.43. The van der Waals surface area contributed by atoms with Crippen LogP contribution in [0, 0.1) is 0 Å². The summed E-state index contributed by atoms with van der Waals surface area (Å²) in [7, 11) is 0. The van der Waals surface area contributed by atoms with Gasteiger partial charge in [0.2, 0.25) is 5.89 Å². The van der Waals surface area contributed by atoms with E-state index in [4.69, 9.17) is 9.63 Å². The van der Waals surface area contributed by atoms with Gasteiger partial charge in [-0.05, 0) is 6.42 Å². The first-order valence-corrected chi connectivity index (χ1v) is 8.36. The van der Waals surface area contributed by atoms with Crippen molar-refractivity contribution in [3.8, 4) is 0 Å². The quantitative estimate of drug-likeness (QED) is 0.896. The van der Waals surface area contributed by atoms with Gasteiger partial charge in [-0.2, -0.15) is 16.7 Å². The zero-order valence-electron chi connectivity index (χ0n) is 11.0. The molecule has 5 nitrogen and oxygen atoms in total. The summed E-state index contributed by atoms with van der Waals surface area (Å²) in [5, 5.41) is 14.1. The van der Waals surface area contributed by atoms with Gasteiger partial charge in [0.05, 0.1) is 5.25 Å². The van der Waals surface area contributed by atoms with Gasteiger partial charge in [-0.1, -0.05) is 19.0 Å². The van der Waals surface area contributed by atoms with E-state index in [0.717, 1.165) is 11.6 Å². The molecule has 1 fully saturated rings. The maximum atomic E-state index is 10.4. The molecule has 19 heavy (non-hydrogen) atoms. The Morgan fingerprint density at radius 1 is 1.47 bits per heavy atom. The highest BCUT2D eigenvalue weighted by atomic mass is 32.2. The zero-order valence-corrected chi connectivity index (χ0v) is 12.7. The number of rotatable bonds is 5. The standard InChI is InChI=1S/C12H18N2O3S2/c1-7-8(2)19-9(6-18-7)12-13-10(17-14-12)4-3-5-11(15)16/h7-9H,3-6H2,1-2H3,(H,15,16). The number of aliphatic carboxylic acids is 1. The zero-order chi connectivity index (χ0) is 13.8. The van der Waals surface area contributed by atoms with E-state index >= 15 is 0 Å². The highest BCUT2D eigenvalue weighted by Gasteiger charge is 2.29. The van der Waals surface area contributed by atoms with E-state index < -0.39 is 5.97 Å². The molecular weight excluding hydrogens is 284 g/mol. The van der Waals surface area contributed by atoms with Crippen molar-refractivity contribution in [1.29, 1.82) is 0 Å². The first kappa shape index (κ1) is 14.7. The van der Waals surface area contributed by atoms with Crippen LogP contribution >= 0.6 is 23.5 Å². The Morgan fingerprint density at radius 3 is 2.95 bits per heavy atom. The van der Waals surface area contributed by atoms with E-state index in [1.165, 1.54) is 0 Å². The Morgan fingerprint density at radius 2 is 2.26 bits per heavy atom. The molecule has 0 aliphatic carbocycles. The van der Waals surface area contributed by atoms with E-state index in [1.807, 2.05) is 23.5 Å². The average molecular weight is 302 g/mol. The lowest BCUT2D eigenvalue weighted by Gasteiger charge is -2.29. The highest BCUT2D eigenvalue weighted by molar-refractivity contribution is 8.07. The maximum Gasteiger partial charge on any atom is 0.303 e. The third-order valence-electron chi connectivity index (χ3n) is 3.10. The largest absolute Gasteiger partial charge is 0.481 e. The van der Waals surface area contributed by atoms with Crippen molar-refractivity contribution < 1.29 is 14.4 Å². The second-order valence-electron chi connectivity index (χ2n) is 4.66. The topological polar surface area (TPSA) is 76.2 Å². The predicted octanol–water partition coefficient (Wildman–Crippen LogP) is 2.78. The summed E-state index contributed by atoms with van der Waals surface area (Å²) in [6.07, 6.45) is 1.22. The summed E-state index contributed by atoms with van der Waals surface area (Å²) in [4.78, 5) is 14.8. The van der Waals surface area contributed by atoms with Crippen molar-refractivity contribution in [2.24, 2.45) is 0 Å². The second kappa shape index (κ2) is 6.65. The van der Waals surface area contributed by atoms with Gasteiger partial charge < -0.3 is 9.63 Å². The smallest absolute Gasteiger partial charge is 0.303 e. The number of aromatic nitrogens is 2. The molecule has 0 aromatic carbocycles. The summed E-state index contributed by atoms with van der Waals surface area (Å²) in [5.41, 5.74) is 0. The molecule has 1 aliphatic heterocycles. The summed E-state index contributed by atoms with van der Waals surface area (Å²) in [6, 6.07) is 0. The number of carboxylic acids is 1. The molecule has 0 amide bonds. The lowest BCUT2D eigenvalue weighted by atomic mass is 10.2. The van der Waals surface area contributed by atoms with Crippen LogP contribution in [0.4, 0.5) is 0 Å². The van der Waals surface area contributed by atoms with Gasteiger partial charge >= 0.3 is 5.97 Å². The van der Waals surface area contributed by atoms with E-state index in [0.29, 0.717) is 29.2 Å². The number of thioether (sulfide) groups is 2. The Hall–Kier alpha value is -0.690. The lowest BCUT2D eigenvalue weighted by molar-refractivity contribution is -0.137. The van der Waals surface area contributed by atoms with Crippen molar-refractivity contribution in [3.05, 3.63) is 11.7 Å². The third-order valence-corrected chi connectivity index (χ3v) is 6.49. The molecule has 2 rings (SSSR count). The molecule has 1 aromatic heterocycles. The van der Waals surface area contributed by atoms with Crippen molar-refractivity contribution in [2.75, 3.05) is 5.75 Å². The Balaban J connectivity index is 1.88. The molecule has 0 saturated carbocycles. The van der Waals surface area contributed by atoms with Gasteiger partial charge in [0.25, 0.3) is 0 Å². The SMILES string of the molecule is CC1SCC(c2noc(CCCC(=O)O)n2)SC1C. The molecular formula is C12H18N2O3S2. The number of hydrogen-bond acceptors (Lipinski definition) is 6. The molecule has 0 spiro atoms. The molecule has 106 valence electrons. The lowest BCUT2D eigenvalue weighted by Crippen LogP contribution is -2.22. The van der Waals surface area contributed by atoms with Gasteiger partial charge in [-0.25, -0.2) is 0 Å². The van der Waals surface area contributed by atoms with Gasteiger partial charge in [0, 0.05) is 29.1 Å². The minimum absolute atomic E-state index is 0.139. The van der Waals surface area contributed by atoms with Crippen LogP contribution in [0.2, 0.25) is 0 Å². The van der Waals surface area contributed by atoms with Crippen LogP contribution in [0.5, 0.6) is 0 Å². The molecule has 1 aromatic rings. The van der Waals surface area contributed by atoms with Crippen LogP contribution in [-0.2, 0) is 11.2 Å². The van der Waals surface area contributed by atoms with Crippen LogP contribution in [0.3, 0.4) is 0 Å². The van der Waals surface area contributed by atoms with Gasteiger partial charge in [0.15, 0.2) is 5.82 Å². The number of carboxylic acid groups (broad SMARTS) is 1. The summed E-state index contributed by atoms with van der Waals surface area (Å²) in [5.74, 6) is 1.51. The molecule has 3 unspecified atom stereocenters. The van der Waals surface area contributed by atoms with Crippen LogP contribution in [0.1, 0.15) is 43.7 Å². The van der Waals surface area contributed by atoms with Crippen molar-refractivity contribution in [1.82, 2.24) is 10.1 Å². The number of aryl methyl sites for hydroxylation is 1. The minimum atomic E-state index is -0.790. The van der Waals surface area contributed by atoms with E-state index in [2.05, 4.69) is 24.0 Å². The molecule has 3 atom stereocenters. The molecule has 1 N–H and O–H groups in total. The van der Waals surface area contributed by atoms with Gasteiger partial charge in [-0.15, -0.1) is 11.8 Å². The fourth-order valence-electron chi connectivity index (χ4n) is 1.81. The van der Waals surface area contributed by atoms with E-state index in [-0.39, 0.29) is 11.7 Å². The van der Waals surface area contributed by atoms with E-state index in [9.17, 15) is 4.79 Å². The van der Waals surface area contributed by atoms with Crippen LogP contribution in [0.15, 0.2) is 4.52 Å². The van der Waals surface area contributed by atoms with Crippen LogP contribution in [-0.4, -0.2) is 37.5 Å². The molecule has 2 heterocycles. The monoisotopic (exact) mass is 302 g/mol. The summed E-state index contributed by atoms with van der Waals surface area (Å²) >= 11 is 3.83. The molecule has 7 heteroatoms. The molecule has 1 aliphatic rings. The maximum absolute atomic E-state index is 10.4. The normalized spacial score (nSPS) is 27.4. The Bertz CT molecular complexity index is 438. The third kappa shape index (κ3) is 4.14. The average Bonchev–Trinajstić information content (AvgIpc) is 2.81. The molecule has 0 bridgehead atoms. The van der Waals surface area contributed by atoms with Gasteiger partial charge in [0.1, 0.15) is 0 Å². The van der Waals surface area contributed by atoms with Crippen molar-refractivity contribution in [3.63, 3.8) is 0 Å². The fraction of sp³-hybridized carbons (Fsp3) is 0.750. The molecule has 1 saturated heterocycles. The number of carbonyl (C=O) groups is 1.